The molecule has 0 amide bonds. The molecule has 1 aliphatic heterocycles. The van der Waals surface area contributed by atoms with E-state index < -0.39 is 11.7 Å². The summed E-state index contributed by atoms with van der Waals surface area (Å²) in [5.74, 6) is 1.30. The highest BCUT2D eigenvalue weighted by atomic mass is 16.6. The van der Waals surface area contributed by atoms with Gasteiger partial charge >= 0.3 is 5.63 Å². The van der Waals surface area contributed by atoms with E-state index in [2.05, 4.69) is 0 Å². The molecule has 1 aliphatic rings. The average molecular weight is 264 g/mol. The van der Waals surface area contributed by atoms with Crippen LogP contribution in [0.5, 0.6) is 17.2 Å². The van der Waals surface area contributed by atoms with Crippen LogP contribution in [0.25, 0.3) is 11.0 Å². The van der Waals surface area contributed by atoms with Gasteiger partial charge in [-0.1, -0.05) is 0 Å². The van der Waals surface area contributed by atoms with Gasteiger partial charge in [-0.2, -0.15) is 0 Å². The van der Waals surface area contributed by atoms with Gasteiger partial charge in [0.05, 0.1) is 19.1 Å². The van der Waals surface area contributed by atoms with E-state index in [1.54, 1.807) is 12.1 Å². The zero-order valence-corrected chi connectivity index (χ0v) is 10.2. The minimum atomic E-state index is -0.454. The van der Waals surface area contributed by atoms with Crippen LogP contribution in [-0.2, 0) is 0 Å². The third kappa shape index (κ3) is 1.90. The van der Waals surface area contributed by atoms with Gasteiger partial charge < -0.3 is 23.7 Å². The fourth-order valence-corrected chi connectivity index (χ4v) is 2.02. The van der Waals surface area contributed by atoms with Gasteiger partial charge in [0.1, 0.15) is 12.2 Å². The van der Waals surface area contributed by atoms with Crippen LogP contribution in [0.15, 0.2) is 27.4 Å². The van der Waals surface area contributed by atoms with E-state index in [0.29, 0.717) is 28.2 Å². The highest BCUT2D eigenvalue weighted by Crippen LogP contribution is 2.45. The predicted octanol–water partition coefficient (Wildman–Crippen LogP) is 0.934. The van der Waals surface area contributed by atoms with Crippen molar-refractivity contribution in [3.05, 3.63) is 28.6 Å². The molecule has 0 bridgehead atoms. The summed E-state index contributed by atoms with van der Waals surface area (Å²) < 4.78 is 21.5. The van der Waals surface area contributed by atoms with Gasteiger partial charge in [-0.15, -0.1) is 0 Å². The van der Waals surface area contributed by atoms with Crippen LogP contribution in [0.2, 0.25) is 0 Å². The summed E-state index contributed by atoms with van der Waals surface area (Å²) in [5, 5.41) is 9.75. The molecule has 1 N–H and O–H groups in total. The minimum absolute atomic E-state index is 0.158. The second kappa shape index (κ2) is 4.47. The zero-order chi connectivity index (χ0) is 13.4. The third-order valence-electron chi connectivity index (χ3n) is 2.92. The average Bonchev–Trinajstić information content (AvgIpc) is 2.45. The lowest BCUT2D eigenvalue weighted by atomic mass is 10.1. The molecule has 3 rings (SSSR count). The van der Waals surface area contributed by atoms with Crippen molar-refractivity contribution in [1.82, 2.24) is 0 Å². The van der Waals surface area contributed by atoms with Crippen molar-refractivity contribution in [1.29, 1.82) is 0 Å². The van der Waals surface area contributed by atoms with Crippen LogP contribution in [0.1, 0.15) is 0 Å². The van der Waals surface area contributed by atoms with Gasteiger partial charge in [-0.05, 0) is 6.07 Å². The number of benzene rings is 1. The van der Waals surface area contributed by atoms with Gasteiger partial charge in [-0.25, -0.2) is 4.79 Å². The minimum Gasteiger partial charge on any atom is -0.493 e. The number of fused-ring (bicyclic) bond motifs is 3. The largest absolute Gasteiger partial charge is 0.493 e. The standard InChI is InChI=1S/C13H12O6/c1-16-10-4-9-8(2-3-11(15)19-9)12-13(10)17-6-7(5-14)18-12/h2-4,7,14H,5-6H2,1H3. The van der Waals surface area contributed by atoms with Crippen molar-refractivity contribution < 1.29 is 23.7 Å². The molecule has 0 radical (unpaired) electrons. The Hall–Kier alpha value is -2.21. The van der Waals surface area contributed by atoms with Crippen molar-refractivity contribution in [2.45, 2.75) is 6.10 Å². The molecule has 1 aromatic heterocycles. The summed E-state index contributed by atoms with van der Waals surface area (Å²) in [4.78, 5) is 11.3. The topological polar surface area (TPSA) is 78.1 Å². The molecule has 2 aromatic rings. The second-order valence-electron chi connectivity index (χ2n) is 4.14. The quantitative estimate of drug-likeness (QED) is 0.813. The first-order valence-electron chi connectivity index (χ1n) is 5.78. The summed E-state index contributed by atoms with van der Waals surface area (Å²) in [5.41, 5.74) is -0.102. The monoisotopic (exact) mass is 264 g/mol. The van der Waals surface area contributed by atoms with Crippen LogP contribution >= 0.6 is 0 Å². The molecule has 0 fully saturated rings. The first-order chi connectivity index (χ1) is 9.22. The van der Waals surface area contributed by atoms with E-state index in [1.807, 2.05) is 0 Å². The number of methoxy groups -OCH3 is 1. The van der Waals surface area contributed by atoms with Gasteiger partial charge in [0.15, 0.2) is 17.6 Å². The second-order valence-corrected chi connectivity index (χ2v) is 4.14. The Bertz CT molecular complexity index is 675. The molecule has 0 saturated carbocycles. The maximum absolute atomic E-state index is 11.3. The summed E-state index contributed by atoms with van der Waals surface area (Å²) >= 11 is 0. The van der Waals surface area contributed by atoms with E-state index in [9.17, 15) is 4.79 Å². The van der Waals surface area contributed by atoms with Gasteiger partial charge in [0.25, 0.3) is 0 Å². The highest BCUT2D eigenvalue weighted by Gasteiger charge is 2.27. The Morgan fingerprint density at radius 2 is 2.26 bits per heavy atom. The third-order valence-corrected chi connectivity index (χ3v) is 2.92. The van der Waals surface area contributed by atoms with Crippen LogP contribution in [0, 0.1) is 0 Å². The Balaban J connectivity index is 2.27. The fraction of sp³-hybridized carbons (Fsp3) is 0.308. The molecule has 0 aliphatic carbocycles. The van der Waals surface area contributed by atoms with Crippen molar-refractivity contribution in [2.24, 2.45) is 0 Å². The molecule has 100 valence electrons. The number of aliphatic hydroxyl groups is 1. The summed E-state index contributed by atoms with van der Waals surface area (Å²) in [6, 6.07) is 4.49. The van der Waals surface area contributed by atoms with Crippen LogP contribution in [0.3, 0.4) is 0 Å². The first-order valence-corrected chi connectivity index (χ1v) is 5.78. The van der Waals surface area contributed by atoms with E-state index in [4.69, 9.17) is 23.7 Å². The van der Waals surface area contributed by atoms with Crippen molar-refractivity contribution in [2.75, 3.05) is 20.3 Å². The molecule has 19 heavy (non-hydrogen) atoms. The number of aliphatic hydroxyl groups excluding tert-OH is 1. The van der Waals surface area contributed by atoms with E-state index in [-0.39, 0.29) is 13.2 Å². The van der Waals surface area contributed by atoms with Crippen LogP contribution in [-0.4, -0.2) is 31.5 Å². The van der Waals surface area contributed by atoms with Crippen LogP contribution in [0.4, 0.5) is 0 Å². The highest BCUT2D eigenvalue weighted by molar-refractivity contribution is 5.89. The van der Waals surface area contributed by atoms with Crippen molar-refractivity contribution >= 4 is 11.0 Å². The predicted molar refractivity (Wildman–Crippen MR) is 66.0 cm³/mol. The lowest BCUT2D eigenvalue weighted by Gasteiger charge is -2.27. The molecule has 1 atom stereocenters. The first kappa shape index (κ1) is 11.9. The number of hydrogen-bond acceptors (Lipinski definition) is 6. The number of rotatable bonds is 2. The molecular formula is C13H12O6. The normalized spacial score (nSPS) is 17.5. The lowest BCUT2D eigenvalue weighted by molar-refractivity contribution is 0.0452. The summed E-state index contributed by atoms with van der Waals surface area (Å²) in [6.45, 7) is 0.0804. The molecule has 1 aromatic carbocycles. The maximum Gasteiger partial charge on any atom is 0.336 e. The number of hydrogen-bond donors (Lipinski definition) is 1. The van der Waals surface area contributed by atoms with E-state index in [0.717, 1.165) is 0 Å². The summed E-state index contributed by atoms with van der Waals surface area (Å²) in [7, 11) is 1.49. The van der Waals surface area contributed by atoms with Crippen molar-refractivity contribution in [3.63, 3.8) is 0 Å². The zero-order valence-electron chi connectivity index (χ0n) is 10.2. The Morgan fingerprint density at radius 3 is 3.00 bits per heavy atom. The molecular weight excluding hydrogens is 252 g/mol. The molecule has 2 heterocycles. The van der Waals surface area contributed by atoms with Gasteiger partial charge in [-0.3, -0.25) is 0 Å². The molecule has 6 nitrogen and oxygen atoms in total. The Morgan fingerprint density at radius 1 is 1.42 bits per heavy atom. The molecule has 1 unspecified atom stereocenters. The SMILES string of the molecule is COc1cc2oc(=O)ccc2c2c1OCC(CO)O2. The van der Waals surface area contributed by atoms with Gasteiger partial charge in [0.2, 0.25) is 5.75 Å². The smallest absolute Gasteiger partial charge is 0.336 e. The van der Waals surface area contributed by atoms with Crippen molar-refractivity contribution in [3.8, 4) is 17.2 Å². The number of ether oxygens (including phenoxy) is 3. The molecule has 0 saturated heterocycles. The Kier molecular flexibility index (Phi) is 2.79. The van der Waals surface area contributed by atoms with E-state index in [1.165, 1.54) is 13.2 Å². The van der Waals surface area contributed by atoms with E-state index >= 15 is 0 Å². The lowest BCUT2D eigenvalue weighted by Crippen LogP contribution is -2.32. The van der Waals surface area contributed by atoms with Crippen LogP contribution < -0.4 is 19.8 Å². The molecule has 6 heteroatoms. The maximum atomic E-state index is 11.3. The summed E-state index contributed by atoms with van der Waals surface area (Å²) in [6.07, 6.45) is -0.449. The fourth-order valence-electron chi connectivity index (χ4n) is 2.02. The molecule has 0 spiro atoms. The van der Waals surface area contributed by atoms with Gasteiger partial charge in [0, 0.05) is 12.1 Å². The Labute approximate surface area is 108 Å².